The average molecular weight is 518 g/mol. The predicted molar refractivity (Wildman–Crippen MR) is 104 cm³/mol. The van der Waals surface area contributed by atoms with E-state index >= 15 is 0 Å². The van der Waals surface area contributed by atoms with Crippen molar-refractivity contribution in [3.63, 3.8) is 0 Å². The van der Waals surface area contributed by atoms with Crippen LogP contribution < -0.4 is 0 Å². The third-order valence-corrected chi connectivity index (χ3v) is 10.5. The maximum absolute atomic E-state index is 13.1. The molecule has 0 aromatic heterocycles. The zero-order valence-electron chi connectivity index (χ0n) is 16.5. The van der Waals surface area contributed by atoms with E-state index in [-0.39, 0.29) is 0 Å². The lowest BCUT2D eigenvalue weighted by Gasteiger charge is -2.42. The van der Waals surface area contributed by atoms with Crippen molar-refractivity contribution in [2.45, 2.75) is 43.3 Å². The third-order valence-electron chi connectivity index (χ3n) is 7.84. The fourth-order valence-corrected chi connectivity index (χ4v) is 9.34. The minimum Gasteiger partial charge on any atom is -0.369 e. The van der Waals surface area contributed by atoms with Gasteiger partial charge in [0.1, 0.15) is 0 Å². The molecule has 170 valence electrons. The van der Waals surface area contributed by atoms with Crippen LogP contribution in [-0.4, -0.2) is 94.9 Å². The first-order valence-corrected chi connectivity index (χ1v) is 10.7. The predicted octanol–water partition coefficient (Wildman–Crippen LogP) is 0.206. The lowest BCUT2D eigenvalue weighted by molar-refractivity contribution is -0.231. The lowest BCUT2D eigenvalue weighted by Crippen LogP contribution is -2.62. The zero-order chi connectivity index (χ0) is 23.2. The number of ether oxygens (including phenoxy) is 5. The van der Waals surface area contributed by atoms with Crippen molar-refractivity contribution in [2.24, 2.45) is 11.8 Å². The molecule has 5 fully saturated rings. The molecular weight excluding hydrogens is 502 g/mol. The SMILES string of the molecule is COC1(OC)[C@@]2(Cl)C(=O)C(=O)[C@]1(Cl)[C@@H]1[C@@H]3[C@H](O[C@@H]12)[C@]1(Cl)C(=O)C(=O)[C@@]3(Cl)C1(OC)OC. The largest absolute Gasteiger partial charge is 0.369 e. The van der Waals surface area contributed by atoms with Crippen molar-refractivity contribution >= 4 is 69.5 Å². The van der Waals surface area contributed by atoms with E-state index in [2.05, 4.69) is 0 Å². The van der Waals surface area contributed by atoms with Gasteiger partial charge in [0.2, 0.25) is 34.7 Å². The van der Waals surface area contributed by atoms with Gasteiger partial charge in [-0.05, 0) is 0 Å². The van der Waals surface area contributed by atoms with Crippen molar-refractivity contribution < 1.29 is 42.9 Å². The molecule has 31 heavy (non-hydrogen) atoms. The molecule has 5 rings (SSSR count). The van der Waals surface area contributed by atoms with Crippen LogP contribution in [0.15, 0.2) is 0 Å². The molecule has 8 atom stereocenters. The summed E-state index contributed by atoms with van der Waals surface area (Å²) in [4.78, 5) is 43.3. The van der Waals surface area contributed by atoms with Crippen molar-refractivity contribution in [2.75, 3.05) is 28.4 Å². The highest BCUT2D eigenvalue weighted by molar-refractivity contribution is 6.68. The minimum absolute atomic E-state index is 1.07. The van der Waals surface area contributed by atoms with Gasteiger partial charge in [0.15, 0.2) is 19.5 Å². The molecule has 1 aliphatic heterocycles. The van der Waals surface area contributed by atoms with Gasteiger partial charge in [-0.1, -0.05) is 0 Å². The molecule has 0 amide bonds. The van der Waals surface area contributed by atoms with Gasteiger partial charge in [-0.3, -0.25) is 19.2 Å². The highest BCUT2D eigenvalue weighted by atomic mass is 35.5. The van der Waals surface area contributed by atoms with Crippen molar-refractivity contribution in [3.8, 4) is 0 Å². The third kappa shape index (κ3) is 1.58. The van der Waals surface area contributed by atoms with E-state index in [1.807, 2.05) is 0 Å². The number of alkyl halides is 4. The van der Waals surface area contributed by atoms with Gasteiger partial charge in [0.25, 0.3) is 0 Å². The van der Waals surface area contributed by atoms with E-state index in [4.69, 9.17) is 70.1 Å². The number of methoxy groups -OCH3 is 4. The Kier molecular flexibility index (Phi) is 4.21. The molecule has 4 saturated carbocycles. The van der Waals surface area contributed by atoms with Crippen LogP contribution in [0.25, 0.3) is 0 Å². The van der Waals surface area contributed by atoms with Gasteiger partial charge in [-0.15, -0.1) is 46.4 Å². The van der Waals surface area contributed by atoms with Crippen LogP contribution in [0.3, 0.4) is 0 Å². The maximum Gasteiger partial charge on any atom is 0.229 e. The quantitative estimate of drug-likeness (QED) is 0.293. The number of ketones is 4. The van der Waals surface area contributed by atoms with E-state index in [0.29, 0.717) is 0 Å². The molecule has 0 aromatic rings. The van der Waals surface area contributed by atoms with E-state index in [1.165, 1.54) is 28.4 Å². The Morgan fingerprint density at radius 1 is 0.581 bits per heavy atom. The Bertz CT molecular complexity index is 903. The summed E-state index contributed by atoms with van der Waals surface area (Å²) in [5, 5.41) is 0. The van der Waals surface area contributed by atoms with Gasteiger partial charge in [-0.2, -0.15) is 0 Å². The lowest BCUT2D eigenvalue weighted by atomic mass is 9.69. The summed E-state index contributed by atoms with van der Waals surface area (Å²) in [5.41, 5.74) is 0. The summed E-state index contributed by atoms with van der Waals surface area (Å²) in [6.07, 6.45) is -2.62. The Balaban J connectivity index is 1.81. The molecule has 9 nitrogen and oxygen atoms in total. The standard InChI is InChI=1S/C18H16Cl4O9/c1-27-17(28-2)13(19)5-6-12(31-11(5)15(17,21)9(25)7(13)23)16(22)10(26)8(24)14(6,20)18(16,29-3)30-4/h5-6,11-12H,1-4H3/t5-,6-,11+,12+,13-,14-,15-,16-/m1/s1. The summed E-state index contributed by atoms with van der Waals surface area (Å²) >= 11 is 27.2. The Labute approximate surface area is 195 Å². The number of halogens is 4. The zero-order valence-corrected chi connectivity index (χ0v) is 19.5. The summed E-state index contributed by atoms with van der Waals surface area (Å²) in [7, 11) is 4.69. The summed E-state index contributed by atoms with van der Waals surface area (Å²) in [5.74, 6) is -11.0. The Morgan fingerprint density at radius 2 is 0.839 bits per heavy atom. The van der Waals surface area contributed by atoms with E-state index in [9.17, 15) is 19.2 Å². The number of hydrogen-bond acceptors (Lipinski definition) is 9. The van der Waals surface area contributed by atoms with Gasteiger partial charge < -0.3 is 23.7 Å². The molecule has 0 radical (unpaired) electrons. The molecule has 4 bridgehead atoms. The van der Waals surface area contributed by atoms with Crippen LogP contribution in [0.1, 0.15) is 0 Å². The second-order valence-corrected chi connectivity index (χ2v) is 10.6. The fourth-order valence-electron chi connectivity index (χ4n) is 6.82. The smallest absolute Gasteiger partial charge is 0.229 e. The van der Waals surface area contributed by atoms with Crippen LogP contribution in [0.2, 0.25) is 0 Å². The number of rotatable bonds is 4. The van der Waals surface area contributed by atoms with Crippen molar-refractivity contribution in [3.05, 3.63) is 0 Å². The number of fused-ring (bicyclic) bond motifs is 11. The van der Waals surface area contributed by atoms with Crippen LogP contribution in [0.5, 0.6) is 0 Å². The first kappa shape index (κ1) is 22.4. The van der Waals surface area contributed by atoms with Crippen molar-refractivity contribution in [1.82, 2.24) is 0 Å². The second-order valence-electron chi connectivity index (χ2n) is 8.24. The monoisotopic (exact) mass is 516 g/mol. The molecule has 0 aromatic carbocycles. The highest BCUT2D eigenvalue weighted by Crippen LogP contribution is 2.78. The van der Waals surface area contributed by atoms with Gasteiger partial charge in [-0.25, -0.2) is 0 Å². The summed E-state index contributed by atoms with van der Waals surface area (Å²) in [6, 6.07) is 0. The molecule has 13 heteroatoms. The van der Waals surface area contributed by atoms with Gasteiger partial charge >= 0.3 is 0 Å². The number of hydrogen-bond donors (Lipinski definition) is 0. The summed E-state index contributed by atoms with van der Waals surface area (Å²) < 4.78 is 27.9. The van der Waals surface area contributed by atoms with Crippen LogP contribution in [0.4, 0.5) is 0 Å². The average Bonchev–Trinajstić information content (AvgIpc) is 3.36. The van der Waals surface area contributed by atoms with E-state index in [1.54, 1.807) is 0 Å². The first-order valence-electron chi connectivity index (χ1n) is 9.15. The molecule has 5 aliphatic rings. The van der Waals surface area contributed by atoms with E-state index < -0.39 is 78.2 Å². The van der Waals surface area contributed by atoms with Crippen molar-refractivity contribution in [1.29, 1.82) is 0 Å². The van der Waals surface area contributed by atoms with Gasteiger partial charge in [0, 0.05) is 40.3 Å². The molecule has 0 unspecified atom stereocenters. The number of carbonyl (C=O) groups is 4. The Hall–Kier alpha value is -0.360. The molecule has 1 saturated heterocycles. The maximum atomic E-state index is 13.1. The molecular formula is C18H16Cl4O9. The van der Waals surface area contributed by atoms with Crippen LogP contribution in [0, 0.1) is 11.8 Å². The normalized spacial score (nSPS) is 52.9. The topological polar surface area (TPSA) is 114 Å². The van der Waals surface area contributed by atoms with Crippen LogP contribution in [-0.2, 0) is 42.9 Å². The number of Topliss-reactive ketones (excluding diaryl/α,β-unsaturated/α-hetero) is 4. The molecule has 0 N–H and O–H groups in total. The molecule has 1 heterocycles. The molecule has 0 spiro atoms. The fraction of sp³-hybridized carbons (Fsp3) is 0.778. The minimum atomic E-state index is -2.23. The Morgan fingerprint density at radius 3 is 1.10 bits per heavy atom. The van der Waals surface area contributed by atoms with Gasteiger partial charge in [0.05, 0.1) is 12.2 Å². The number of carbonyl (C=O) groups excluding carboxylic acids is 4. The van der Waals surface area contributed by atoms with E-state index in [0.717, 1.165) is 0 Å². The molecule has 4 aliphatic carbocycles. The second kappa shape index (κ2) is 5.82. The first-order chi connectivity index (χ1) is 14.3. The van der Waals surface area contributed by atoms with Crippen LogP contribution >= 0.6 is 46.4 Å². The highest BCUT2D eigenvalue weighted by Gasteiger charge is 3.00. The summed E-state index contributed by atoms with van der Waals surface area (Å²) in [6.45, 7) is 0.